The molecule has 0 bridgehead atoms. The molecular weight excluding hydrogens is 216 g/mol. The van der Waals surface area contributed by atoms with Gasteiger partial charge in [0.15, 0.2) is 0 Å². The van der Waals surface area contributed by atoms with Gasteiger partial charge < -0.3 is 10.6 Å². The summed E-state index contributed by atoms with van der Waals surface area (Å²) in [5.41, 5.74) is 6.27. The number of nitrogens with zero attached hydrogens (tertiary/aromatic N) is 1. The van der Waals surface area contributed by atoms with Crippen LogP contribution >= 0.6 is 0 Å². The van der Waals surface area contributed by atoms with Crippen LogP contribution < -0.4 is 5.73 Å². The average molecular weight is 232 g/mol. The first kappa shape index (κ1) is 11.6. The Labute approximate surface area is 100 Å². The number of carbonyl (C=O) groups is 2. The van der Waals surface area contributed by atoms with Crippen molar-refractivity contribution in [2.24, 2.45) is 11.7 Å². The molecule has 1 unspecified atom stereocenters. The summed E-state index contributed by atoms with van der Waals surface area (Å²) in [7, 11) is 0. The van der Waals surface area contributed by atoms with Crippen molar-refractivity contribution < 1.29 is 9.59 Å². The molecule has 1 aromatic rings. The zero-order chi connectivity index (χ0) is 12.4. The largest absolute Gasteiger partial charge is 0.368 e. The number of carbonyl (C=O) groups excluding carboxylic acids is 2. The van der Waals surface area contributed by atoms with Crippen molar-refractivity contribution >= 4 is 11.8 Å². The van der Waals surface area contributed by atoms with Crippen molar-refractivity contribution in [2.75, 3.05) is 13.1 Å². The standard InChI is InChI=1S/C13H16N2O2/c1-9-11(10-5-3-2-4-6-10)7-15(13(9)17)8-12(14)16/h2-6,9,11H,7-8H2,1H3,(H2,14,16)/t9?,11-/m1/s1. The fraction of sp³-hybridized carbons (Fsp3) is 0.385. The lowest BCUT2D eigenvalue weighted by Gasteiger charge is -2.14. The predicted octanol–water partition coefficient (Wildman–Crippen LogP) is 0.734. The van der Waals surface area contributed by atoms with Gasteiger partial charge in [0.25, 0.3) is 0 Å². The Hall–Kier alpha value is -1.84. The first-order valence-corrected chi connectivity index (χ1v) is 5.71. The van der Waals surface area contributed by atoms with Gasteiger partial charge >= 0.3 is 0 Å². The van der Waals surface area contributed by atoms with Crippen LogP contribution in [0.2, 0.25) is 0 Å². The predicted molar refractivity (Wildman–Crippen MR) is 64.1 cm³/mol. The molecule has 2 amide bonds. The van der Waals surface area contributed by atoms with E-state index in [0.29, 0.717) is 6.54 Å². The van der Waals surface area contributed by atoms with E-state index in [1.165, 1.54) is 0 Å². The van der Waals surface area contributed by atoms with Crippen LogP contribution in [0.5, 0.6) is 0 Å². The SMILES string of the molecule is CC1C(=O)N(CC(N)=O)C[C@H]1c1ccccc1. The Kier molecular flexibility index (Phi) is 3.13. The van der Waals surface area contributed by atoms with Crippen LogP contribution in [0, 0.1) is 5.92 Å². The Morgan fingerprint density at radius 3 is 2.65 bits per heavy atom. The molecule has 1 aliphatic heterocycles. The van der Waals surface area contributed by atoms with Gasteiger partial charge in [-0.3, -0.25) is 9.59 Å². The van der Waals surface area contributed by atoms with Crippen molar-refractivity contribution in [3.63, 3.8) is 0 Å². The highest BCUT2D eigenvalue weighted by molar-refractivity contribution is 5.87. The van der Waals surface area contributed by atoms with Crippen LogP contribution in [-0.2, 0) is 9.59 Å². The minimum absolute atomic E-state index is 0.0117. The lowest BCUT2D eigenvalue weighted by molar-refractivity contribution is -0.134. The maximum Gasteiger partial charge on any atom is 0.237 e. The van der Waals surface area contributed by atoms with Crippen LogP contribution in [0.25, 0.3) is 0 Å². The second kappa shape index (κ2) is 4.57. The van der Waals surface area contributed by atoms with Gasteiger partial charge in [0.05, 0.1) is 6.54 Å². The summed E-state index contributed by atoms with van der Waals surface area (Å²) >= 11 is 0. The van der Waals surface area contributed by atoms with E-state index in [-0.39, 0.29) is 24.3 Å². The van der Waals surface area contributed by atoms with E-state index in [4.69, 9.17) is 5.73 Å². The number of primary amides is 1. The second-order valence-corrected chi connectivity index (χ2v) is 4.49. The third kappa shape index (κ3) is 2.30. The lowest BCUT2D eigenvalue weighted by Crippen LogP contribution is -2.35. The highest BCUT2D eigenvalue weighted by atomic mass is 16.2. The van der Waals surface area contributed by atoms with Crippen LogP contribution in [0.15, 0.2) is 30.3 Å². The molecule has 1 aliphatic rings. The summed E-state index contributed by atoms with van der Waals surface area (Å²) in [6, 6.07) is 9.91. The molecule has 1 aromatic carbocycles. The number of hydrogen-bond donors (Lipinski definition) is 1. The molecule has 0 spiro atoms. The smallest absolute Gasteiger partial charge is 0.237 e. The van der Waals surface area contributed by atoms with E-state index < -0.39 is 5.91 Å². The zero-order valence-corrected chi connectivity index (χ0v) is 9.80. The third-order valence-electron chi connectivity index (χ3n) is 3.30. The molecule has 4 nitrogen and oxygen atoms in total. The van der Waals surface area contributed by atoms with Gasteiger partial charge in [0, 0.05) is 18.4 Å². The van der Waals surface area contributed by atoms with Gasteiger partial charge in [-0.05, 0) is 5.56 Å². The van der Waals surface area contributed by atoms with E-state index in [2.05, 4.69) is 0 Å². The summed E-state index contributed by atoms with van der Waals surface area (Å²) in [5, 5.41) is 0. The van der Waals surface area contributed by atoms with Crippen LogP contribution in [-0.4, -0.2) is 29.8 Å². The molecule has 2 N–H and O–H groups in total. The normalized spacial score (nSPS) is 24.1. The minimum atomic E-state index is -0.459. The van der Waals surface area contributed by atoms with E-state index in [1.807, 2.05) is 37.3 Å². The van der Waals surface area contributed by atoms with Crippen molar-refractivity contribution in [1.82, 2.24) is 4.90 Å². The molecule has 1 heterocycles. The van der Waals surface area contributed by atoms with Crippen molar-refractivity contribution in [1.29, 1.82) is 0 Å². The zero-order valence-electron chi connectivity index (χ0n) is 9.80. The molecule has 4 heteroatoms. The lowest BCUT2D eigenvalue weighted by atomic mass is 9.90. The molecule has 0 aliphatic carbocycles. The number of amides is 2. The Bertz CT molecular complexity index is 430. The molecule has 2 atom stereocenters. The third-order valence-corrected chi connectivity index (χ3v) is 3.30. The number of likely N-dealkylation sites (tertiary alicyclic amines) is 1. The van der Waals surface area contributed by atoms with E-state index >= 15 is 0 Å². The average Bonchev–Trinajstić information content (AvgIpc) is 2.58. The van der Waals surface area contributed by atoms with Gasteiger partial charge in [0.2, 0.25) is 11.8 Å². The Balaban J connectivity index is 2.17. The Morgan fingerprint density at radius 2 is 2.06 bits per heavy atom. The van der Waals surface area contributed by atoms with Crippen molar-refractivity contribution in [2.45, 2.75) is 12.8 Å². The molecule has 17 heavy (non-hydrogen) atoms. The van der Waals surface area contributed by atoms with Gasteiger partial charge in [0.1, 0.15) is 0 Å². The number of rotatable bonds is 3. The first-order chi connectivity index (χ1) is 8.09. The first-order valence-electron chi connectivity index (χ1n) is 5.71. The molecule has 1 saturated heterocycles. The maximum atomic E-state index is 11.9. The molecular formula is C13H16N2O2. The fourth-order valence-electron chi connectivity index (χ4n) is 2.37. The van der Waals surface area contributed by atoms with Gasteiger partial charge in [-0.15, -0.1) is 0 Å². The van der Waals surface area contributed by atoms with Crippen molar-refractivity contribution in [3.8, 4) is 0 Å². The number of benzene rings is 1. The quantitative estimate of drug-likeness (QED) is 0.835. The molecule has 0 radical (unpaired) electrons. The van der Waals surface area contributed by atoms with Gasteiger partial charge in [-0.2, -0.15) is 0 Å². The highest BCUT2D eigenvalue weighted by Crippen LogP contribution is 2.32. The van der Waals surface area contributed by atoms with Crippen molar-refractivity contribution in [3.05, 3.63) is 35.9 Å². The summed E-state index contributed by atoms with van der Waals surface area (Å²) in [4.78, 5) is 24.4. The van der Waals surface area contributed by atoms with E-state index in [0.717, 1.165) is 5.56 Å². The van der Waals surface area contributed by atoms with Gasteiger partial charge in [-0.25, -0.2) is 0 Å². The molecule has 90 valence electrons. The van der Waals surface area contributed by atoms with Crippen LogP contribution in [0.3, 0.4) is 0 Å². The van der Waals surface area contributed by atoms with Crippen LogP contribution in [0.4, 0.5) is 0 Å². The van der Waals surface area contributed by atoms with Crippen LogP contribution in [0.1, 0.15) is 18.4 Å². The summed E-state index contributed by atoms with van der Waals surface area (Å²) in [6.45, 7) is 2.50. The number of hydrogen-bond acceptors (Lipinski definition) is 2. The van der Waals surface area contributed by atoms with Gasteiger partial charge in [-0.1, -0.05) is 37.3 Å². The Morgan fingerprint density at radius 1 is 1.41 bits per heavy atom. The monoisotopic (exact) mass is 232 g/mol. The maximum absolute atomic E-state index is 11.9. The summed E-state index contributed by atoms with van der Waals surface area (Å²) < 4.78 is 0. The second-order valence-electron chi connectivity index (χ2n) is 4.49. The molecule has 0 aromatic heterocycles. The summed E-state index contributed by atoms with van der Waals surface area (Å²) in [5.74, 6) is -0.378. The highest BCUT2D eigenvalue weighted by Gasteiger charge is 2.38. The molecule has 1 fully saturated rings. The minimum Gasteiger partial charge on any atom is -0.368 e. The fourth-order valence-corrected chi connectivity index (χ4v) is 2.37. The summed E-state index contributed by atoms with van der Waals surface area (Å²) in [6.07, 6.45) is 0. The van der Waals surface area contributed by atoms with E-state index in [1.54, 1.807) is 4.90 Å². The van der Waals surface area contributed by atoms with E-state index in [9.17, 15) is 9.59 Å². The number of nitrogens with two attached hydrogens (primary N) is 1. The molecule has 0 saturated carbocycles. The molecule has 2 rings (SSSR count). The topological polar surface area (TPSA) is 63.4 Å².